The van der Waals surface area contributed by atoms with E-state index in [1.54, 1.807) is 48.0 Å². The highest BCUT2D eigenvalue weighted by Crippen LogP contribution is 2.72. The first-order valence-corrected chi connectivity index (χ1v) is 32.0. The van der Waals surface area contributed by atoms with Crippen molar-refractivity contribution in [1.29, 1.82) is 0 Å². The molecular formula is C68H103NO17. The van der Waals surface area contributed by atoms with Gasteiger partial charge in [0.2, 0.25) is 5.79 Å². The zero-order valence-electron chi connectivity index (χ0n) is 54.0. The van der Waals surface area contributed by atoms with Gasteiger partial charge in [0, 0.05) is 70.1 Å². The van der Waals surface area contributed by atoms with Crippen LogP contribution in [0.3, 0.4) is 0 Å². The Bertz CT molecular complexity index is 2580. The van der Waals surface area contributed by atoms with Crippen LogP contribution in [-0.2, 0) is 71.5 Å². The minimum absolute atomic E-state index is 0.0197. The minimum Gasteiger partial charge on any atom is -0.460 e. The molecule has 1 amide bonds. The Morgan fingerprint density at radius 3 is 2.16 bits per heavy atom. The molecule has 0 aromatic heterocycles. The van der Waals surface area contributed by atoms with Gasteiger partial charge in [0.1, 0.15) is 41.3 Å². The summed E-state index contributed by atoms with van der Waals surface area (Å²) in [4.78, 5) is 101. The van der Waals surface area contributed by atoms with E-state index in [2.05, 4.69) is 20.8 Å². The Labute approximate surface area is 511 Å². The molecular weight excluding hydrogens is 1100 g/mol. The molecule has 86 heavy (non-hydrogen) atoms. The number of hydrogen-bond donors (Lipinski definition) is 2. The summed E-state index contributed by atoms with van der Waals surface area (Å²) < 4.78 is 49.9. The Balaban J connectivity index is 1.13. The van der Waals surface area contributed by atoms with E-state index in [1.807, 2.05) is 58.1 Å². The molecule has 2 unspecified atom stereocenters. The van der Waals surface area contributed by atoms with Gasteiger partial charge < -0.3 is 53.0 Å². The van der Waals surface area contributed by atoms with Crippen LogP contribution in [0.1, 0.15) is 179 Å². The molecule has 17 atom stereocenters. The molecule has 6 fully saturated rings. The number of cyclic esters (lactones) is 1. The van der Waals surface area contributed by atoms with Gasteiger partial charge in [0.25, 0.3) is 11.7 Å². The Morgan fingerprint density at radius 2 is 1.53 bits per heavy atom. The van der Waals surface area contributed by atoms with Crippen molar-refractivity contribution in [2.75, 3.05) is 40.6 Å². The minimum atomic E-state index is -2.48. The SMILES string of the molecule is CO[C@H]1C[C@@H]2CC[C@@H](C)[C@@](O)(O2)C(=O)C(=O)N2CCCC[C@H]2C(=O)O[C@H]([C@H](C)C[C@@H]2CC[C@@H](OC(=O)C3(C)COC4(CC5CCC4(C)C5(C)C)OC3)[C@H](OC)C2)CC(=O)[C@H](C)/C=C(\C)[C@@H](OC(C)=O)[C@@H](CO)C(=O)[C@H](C)C[C@H](C)/C=C/C=CC=C1C. The molecule has 3 saturated carbocycles. The van der Waals surface area contributed by atoms with Gasteiger partial charge in [-0.25, -0.2) is 4.79 Å². The van der Waals surface area contributed by atoms with Gasteiger partial charge in [-0.2, -0.15) is 0 Å². The normalized spacial score (nSPS) is 41.3. The third kappa shape index (κ3) is 14.7. The van der Waals surface area contributed by atoms with Crippen molar-refractivity contribution >= 4 is 41.2 Å². The highest BCUT2D eigenvalue weighted by atomic mass is 16.7. The second-order valence-corrected chi connectivity index (χ2v) is 28.1. The number of fused-ring (bicyclic) bond motifs is 6. The zero-order chi connectivity index (χ0) is 63.3. The lowest BCUT2D eigenvalue weighted by Gasteiger charge is -2.52. The number of esters is 3. The van der Waals surface area contributed by atoms with Crippen LogP contribution in [-0.4, -0.2) is 151 Å². The molecule has 0 aromatic carbocycles. The number of aliphatic hydroxyl groups excluding tert-OH is 1. The first-order valence-electron chi connectivity index (χ1n) is 32.0. The number of carbonyl (C=O) groups excluding carboxylic acids is 7. The quantitative estimate of drug-likeness (QED) is 0.0946. The molecule has 4 bridgehead atoms. The average molecular weight is 1210 g/mol. The van der Waals surface area contributed by atoms with Gasteiger partial charge in [-0.3, -0.25) is 28.8 Å². The maximum atomic E-state index is 14.8. The maximum Gasteiger partial charge on any atom is 0.329 e. The monoisotopic (exact) mass is 1210 g/mol. The number of rotatable bonds is 9. The Kier molecular flexibility index (Phi) is 23.0. The van der Waals surface area contributed by atoms with Crippen LogP contribution in [0.15, 0.2) is 47.6 Å². The Morgan fingerprint density at radius 1 is 0.826 bits per heavy atom. The summed E-state index contributed by atoms with van der Waals surface area (Å²) in [5.74, 6) is -11.3. The van der Waals surface area contributed by atoms with E-state index in [9.17, 15) is 43.8 Å². The number of piperidine rings is 1. The molecule has 0 radical (unpaired) electrons. The van der Waals surface area contributed by atoms with Crippen LogP contribution in [0.25, 0.3) is 0 Å². The Hall–Kier alpha value is -4.43. The largest absolute Gasteiger partial charge is 0.460 e. The lowest BCUT2D eigenvalue weighted by atomic mass is 9.68. The molecule has 7 aliphatic rings. The lowest BCUT2D eigenvalue weighted by molar-refractivity contribution is -0.346. The standard InChI is InChI=1S/C68H103NO17/c1-40-20-16-15-17-21-41(2)55(79-13)34-50-25-23-46(7)68(78,86-50)60(74)61(75)69-29-19-18-22-52(69)62(76)84-56(35-53(72)42(3)31-45(6)59(83-47(8)71)51(37-70)58(73)44(5)30-40)43(4)32-48-24-26-54(57(33-48)80-14)85-63(77)65(11)38-81-67(82-39-65)36-49-27-28-66(67,12)64(49,9)10/h15-17,20-21,31,40,42-44,46,48-52,54-57,59,70,78H,18-19,22-30,32-39H2,1-14H3/b17-15?,20-16+,41-21?,45-31+/t40-,42-,43-,44-,46-,48+,49?,50+,51+,52+,54-,55+,56+,57-,59-,65?,66?,67?,68-/m1/s1. The van der Waals surface area contributed by atoms with Gasteiger partial charge in [-0.1, -0.05) is 91.8 Å². The van der Waals surface area contributed by atoms with E-state index in [0.717, 1.165) is 24.8 Å². The molecule has 7 rings (SSSR count). The average Bonchev–Trinajstić information content (AvgIpc) is 1.52. The van der Waals surface area contributed by atoms with Crippen LogP contribution in [0.4, 0.5) is 0 Å². The van der Waals surface area contributed by atoms with E-state index in [0.29, 0.717) is 69.3 Å². The van der Waals surface area contributed by atoms with Crippen LogP contribution in [0.2, 0.25) is 0 Å². The van der Waals surface area contributed by atoms with E-state index in [-0.39, 0.29) is 73.3 Å². The molecule has 1 spiro atoms. The number of aliphatic hydroxyl groups is 2. The molecule has 0 aromatic rings. The fourth-order valence-corrected chi connectivity index (χ4v) is 15.3. The summed E-state index contributed by atoms with van der Waals surface area (Å²) in [6.07, 6.45) is 14.3. The number of allylic oxidation sites excluding steroid dienone is 6. The van der Waals surface area contributed by atoms with Gasteiger partial charge >= 0.3 is 17.9 Å². The lowest BCUT2D eigenvalue weighted by Crippen LogP contribution is -2.61. The van der Waals surface area contributed by atoms with E-state index >= 15 is 0 Å². The number of carbonyl (C=O) groups is 7. The van der Waals surface area contributed by atoms with Crippen molar-refractivity contribution in [3.05, 3.63) is 47.6 Å². The second kappa shape index (κ2) is 28.6. The number of methoxy groups -OCH3 is 2. The van der Waals surface area contributed by atoms with Gasteiger partial charge in [0.15, 0.2) is 5.79 Å². The van der Waals surface area contributed by atoms with Gasteiger partial charge in [-0.15, -0.1) is 0 Å². The van der Waals surface area contributed by atoms with Crippen LogP contribution >= 0.6 is 0 Å². The van der Waals surface area contributed by atoms with E-state index < -0.39 is 125 Å². The van der Waals surface area contributed by atoms with Crippen molar-refractivity contribution < 1.29 is 81.7 Å². The highest BCUT2D eigenvalue weighted by molar-refractivity contribution is 6.39. The van der Waals surface area contributed by atoms with Crippen molar-refractivity contribution in [3.63, 3.8) is 0 Å². The number of hydrogen-bond acceptors (Lipinski definition) is 17. The first-order chi connectivity index (χ1) is 40.5. The third-order valence-electron chi connectivity index (χ3n) is 21.6. The summed E-state index contributed by atoms with van der Waals surface area (Å²) in [5.41, 5.74) is 0.0861. The molecule has 2 N–H and O–H groups in total. The van der Waals surface area contributed by atoms with Crippen molar-refractivity contribution in [1.82, 2.24) is 4.90 Å². The predicted octanol–water partition coefficient (Wildman–Crippen LogP) is 9.49. The highest BCUT2D eigenvalue weighted by Gasteiger charge is 2.72. The summed E-state index contributed by atoms with van der Waals surface area (Å²) in [5, 5.41) is 22.9. The summed E-state index contributed by atoms with van der Waals surface area (Å²) in [6.45, 7) is 22.2. The molecule has 3 saturated heterocycles. The number of ether oxygens (including phenoxy) is 8. The maximum absolute atomic E-state index is 14.8. The number of Topliss-reactive ketones (excluding diaryl/α,β-unsaturated/α-hetero) is 3. The van der Waals surface area contributed by atoms with Crippen molar-refractivity contribution in [2.24, 2.45) is 63.6 Å². The fourth-order valence-electron chi connectivity index (χ4n) is 15.3. The molecule has 4 aliphatic heterocycles. The van der Waals surface area contributed by atoms with Crippen molar-refractivity contribution in [3.8, 4) is 0 Å². The predicted molar refractivity (Wildman–Crippen MR) is 320 cm³/mol. The van der Waals surface area contributed by atoms with Crippen LogP contribution in [0, 0.1) is 63.6 Å². The molecule has 18 nitrogen and oxygen atoms in total. The number of amides is 1. The van der Waals surface area contributed by atoms with E-state index in [1.165, 1.54) is 11.8 Å². The van der Waals surface area contributed by atoms with Crippen molar-refractivity contribution in [2.45, 2.75) is 234 Å². The molecule has 482 valence electrons. The van der Waals surface area contributed by atoms with Crippen LogP contribution in [0.5, 0.6) is 0 Å². The smallest absolute Gasteiger partial charge is 0.329 e. The van der Waals surface area contributed by atoms with Gasteiger partial charge in [0.05, 0.1) is 44.1 Å². The third-order valence-corrected chi connectivity index (χ3v) is 21.6. The molecule has 3 aliphatic carbocycles. The van der Waals surface area contributed by atoms with Gasteiger partial charge in [-0.05, 0) is 138 Å². The topological polar surface area (TPSA) is 237 Å². The second-order valence-electron chi connectivity index (χ2n) is 28.1. The molecule has 4 heterocycles. The van der Waals surface area contributed by atoms with E-state index in [4.69, 9.17) is 37.9 Å². The zero-order valence-corrected chi connectivity index (χ0v) is 54.0. The molecule has 18 heteroatoms. The summed E-state index contributed by atoms with van der Waals surface area (Å²) >= 11 is 0. The summed E-state index contributed by atoms with van der Waals surface area (Å²) in [7, 11) is 3.16. The first kappa shape index (κ1) is 69.1. The fraction of sp³-hybridized carbons (Fsp3) is 0.779. The summed E-state index contributed by atoms with van der Waals surface area (Å²) in [6, 6.07) is -1.21. The number of ketones is 3. The number of nitrogens with zero attached hydrogens (tertiary/aromatic N) is 1. The van der Waals surface area contributed by atoms with Crippen LogP contribution < -0.4 is 0 Å².